The first-order valence-electron chi connectivity index (χ1n) is 9.04. The monoisotopic (exact) mass is 327 g/mol. The zero-order valence-corrected chi connectivity index (χ0v) is 15.1. The maximum Gasteiger partial charge on any atom is 0.223 e. The standard InChI is InChI=1S/C20H29N3O/c1-4-6-14-22(17(3)5-2)20(24)13-12-18-15-21-23(16-18)19-10-8-7-9-11-19/h7-11,15-17H,4-6,12-14H2,1-3H3. The van der Waals surface area contributed by atoms with Gasteiger partial charge in [0.25, 0.3) is 0 Å². The van der Waals surface area contributed by atoms with Crippen LogP contribution in [0.3, 0.4) is 0 Å². The number of rotatable bonds is 9. The molecule has 130 valence electrons. The Morgan fingerprint density at radius 2 is 2.00 bits per heavy atom. The van der Waals surface area contributed by atoms with E-state index in [2.05, 4.69) is 25.9 Å². The van der Waals surface area contributed by atoms with Gasteiger partial charge in [0.2, 0.25) is 5.91 Å². The fraction of sp³-hybridized carbons (Fsp3) is 0.500. The second-order valence-electron chi connectivity index (χ2n) is 6.33. The Hall–Kier alpha value is -2.10. The highest BCUT2D eigenvalue weighted by Gasteiger charge is 2.18. The van der Waals surface area contributed by atoms with Gasteiger partial charge in [0.15, 0.2) is 0 Å². The molecule has 0 N–H and O–H groups in total. The molecule has 1 aromatic heterocycles. The number of aryl methyl sites for hydroxylation is 1. The molecule has 0 aliphatic carbocycles. The number of benzene rings is 1. The average Bonchev–Trinajstić information content (AvgIpc) is 3.09. The Kier molecular flexibility index (Phi) is 7.04. The SMILES string of the molecule is CCCCN(C(=O)CCc1cnn(-c2ccccc2)c1)C(C)CC. The van der Waals surface area contributed by atoms with Gasteiger partial charge >= 0.3 is 0 Å². The van der Waals surface area contributed by atoms with Crippen molar-refractivity contribution in [2.45, 2.75) is 58.9 Å². The molecule has 0 spiro atoms. The molecule has 1 aromatic carbocycles. The zero-order valence-electron chi connectivity index (χ0n) is 15.1. The summed E-state index contributed by atoms with van der Waals surface area (Å²) in [6.07, 6.45) is 8.36. The van der Waals surface area contributed by atoms with Crippen LogP contribution in [0.25, 0.3) is 5.69 Å². The molecule has 0 fully saturated rings. The van der Waals surface area contributed by atoms with Crippen LogP contribution >= 0.6 is 0 Å². The molecule has 0 saturated carbocycles. The smallest absolute Gasteiger partial charge is 0.223 e. The van der Waals surface area contributed by atoms with Gasteiger partial charge in [0, 0.05) is 25.2 Å². The number of aromatic nitrogens is 2. The van der Waals surface area contributed by atoms with Crippen LogP contribution in [-0.2, 0) is 11.2 Å². The van der Waals surface area contributed by atoms with Crippen molar-refractivity contribution < 1.29 is 4.79 Å². The van der Waals surface area contributed by atoms with E-state index in [-0.39, 0.29) is 5.91 Å². The van der Waals surface area contributed by atoms with E-state index in [1.165, 1.54) is 0 Å². The van der Waals surface area contributed by atoms with Crippen molar-refractivity contribution in [2.24, 2.45) is 0 Å². The van der Waals surface area contributed by atoms with Gasteiger partial charge in [0.05, 0.1) is 11.9 Å². The number of unbranched alkanes of at least 4 members (excludes halogenated alkanes) is 1. The van der Waals surface area contributed by atoms with Crippen LogP contribution in [0.5, 0.6) is 0 Å². The Morgan fingerprint density at radius 1 is 1.25 bits per heavy atom. The molecular weight excluding hydrogens is 298 g/mol. The maximum absolute atomic E-state index is 12.6. The predicted molar refractivity (Wildman–Crippen MR) is 98.3 cm³/mol. The minimum absolute atomic E-state index is 0.255. The molecule has 1 atom stereocenters. The van der Waals surface area contributed by atoms with Gasteiger partial charge in [-0.1, -0.05) is 38.5 Å². The maximum atomic E-state index is 12.6. The number of nitrogens with zero attached hydrogens (tertiary/aromatic N) is 3. The second kappa shape index (κ2) is 9.26. The summed E-state index contributed by atoms with van der Waals surface area (Å²) in [5.74, 6) is 0.255. The molecule has 0 bridgehead atoms. The summed E-state index contributed by atoms with van der Waals surface area (Å²) in [6, 6.07) is 10.4. The highest BCUT2D eigenvalue weighted by Crippen LogP contribution is 2.12. The van der Waals surface area contributed by atoms with Crippen LogP contribution < -0.4 is 0 Å². The first-order chi connectivity index (χ1) is 11.7. The number of hydrogen-bond donors (Lipinski definition) is 0. The largest absolute Gasteiger partial charge is 0.340 e. The number of para-hydroxylation sites is 1. The van der Waals surface area contributed by atoms with Gasteiger partial charge in [-0.3, -0.25) is 4.79 Å². The highest BCUT2D eigenvalue weighted by atomic mass is 16.2. The summed E-state index contributed by atoms with van der Waals surface area (Å²) in [5.41, 5.74) is 2.14. The third-order valence-electron chi connectivity index (χ3n) is 4.48. The third kappa shape index (κ3) is 4.95. The molecule has 2 rings (SSSR count). The molecule has 4 heteroatoms. The molecule has 4 nitrogen and oxygen atoms in total. The van der Waals surface area contributed by atoms with Gasteiger partial charge in [-0.15, -0.1) is 0 Å². The van der Waals surface area contributed by atoms with E-state index < -0.39 is 0 Å². The minimum atomic E-state index is 0.255. The lowest BCUT2D eigenvalue weighted by atomic mass is 10.1. The average molecular weight is 327 g/mol. The third-order valence-corrected chi connectivity index (χ3v) is 4.48. The highest BCUT2D eigenvalue weighted by molar-refractivity contribution is 5.76. The minimum Gasteiger partial charge on any atom is -0.340 e. The predicted octanol–water partition coefficient (Wildman–Crippen LogP) is 4.23. The van der Waals surface area contributed by atoms with Crippen LogP contribution in [0.15, 0.2) is 42.7 Å². The van der Waals surface area contributed by atoms with Crippen LogP contribution in [0.2, 0.25) is 0 Å². The molecule has 1 amide bonds. The van der Waals surface area contributed by atoms with Crippen molar-refractivity contribution in [2.75, 3.05) is 6.54 Å². The van der Waals surface area contributed by atoms with Crippen molar-refractivity contribution in [3.63, 3.8) is 0 Å². The Labute approximate surface area is 145 Å². The van der Waals surface area contributed by atoms with E-state index in [0.717, 1.165) is 43.5 Å². The molecule has 1 unspecified atom stereocenters. The van der Waals surface area contributed by atoms with Crippen molar-refractivity contribution >= 4 is 5.91 Å². The van der Waals surface area contributed by atoms with Gasteiger partial charge in [-0.05, 0) is 43.9 Å². The van der Waals surface area contributed by atoms with E-state index in [9.17, 15) is 4.79 Å². The molecular formula is C20H29N3O. The van der Waals surface area contributed by atoms with E-state index in [1.807, 2.05) is 52.3 Å². The lowest BCUT2D eigenvalue weighted by Gasteiger charge is -2.28. The van der Waals surface area contributed by atoms with Gasteiger partial charge in [-0.2, -0.15) is 5.10 Å². The summed E-state index contributed by atoms with van der Waals surface area (Å²) in [5, 5.41) is 4.40. The van der Waals surface area contributed by atoms with E-state index in [1.54, 1.807) is 0 Å². The van der Waals surface area contributed by atoms with Gasteiger partial charge < -0.3 is 4.90 Å². The molecule has 0 radical (unpaired) electrons. The lowest BCUT2D eigenvalue weighted by molar-refractivity contribution is -0.133. The summed E-state index contributed by atoms with van der Waals surface area (Å²) in [4.78, 5) is 14.6. The second-order valence-corrected chi connectivity index (χ2v) is 6.33. The number of carbonyl (C=O) groups is 1. The summed E-state index contributed by atoms with van der Waals surface area (Å²) in [7, 11) is 0. The van der Waals surface area contributed by atoms with Crippen molar-refractivity contribution in [3.8, 4) is 5.69 Å². The quantitative estimate of drug-likeness (QED) is 0.691. The first kappa shape index (κ1) is 18.2. The number of amides is 1. The summed E-state index contributed by atoms with van der Waals surface area (Å²) < 4.78 is 1.86. The topological polar surface area (TPSA) is 38.1 Å². The van der Waals surface area contributed by atoms with Crippen molar-refractivity contribution in [3.05, 3.63) is 48.3 Å². The normalized spacial score (nSPS) is 12.1. The molecule has 24 heavy (non-hydrogen) atoms. The molecule has 1 heterocycles. The van der Waals surface area contributed by atoms with Crippen molar-refractivity contribution in [1.29, 1.82) is 0 Å². The molecule has 0 aliphatic rings. The molecule has 0 aliphatic heterocycles. The Morgan fingerprint density at radius 3 is 2.67 bits per heavy atom. The zero-order chi connectivity index (χ0) is 17.4. The fourth-order valence-electron chi connectivity index (χ4n) is 2.75. The number of hydrogen-bond acceptors (Lipinski definition) is 2. The van der Waals surface area contributed by atoms with E-state index in [4.69, 9.17) is 0 Å². The Bertz CT molecular complexity index is 621. The van der Waals surface area contributed by atoms with Crippen LogP contribution in [0, 0.1) is 0 Å². The molecule has 2 aromatic rings. The number of carbonyl (C=O) groups excluding carboxylic acids is 1. The van der Waals surface area contributed by atoms with Crippen molar-refractivity contribution in [1.82, 2.24) is 14.7 Å². The van der Waals surface area contributed by atoms with Crippen LogP contribution in [-0.4, -0.2) is 33.2 Å². The van der Waals surface area contributed by atoms with E-state index >= 15 is 0 Å². The summed E-state index contributed by atoms with van der Waals surface area (Å²) in [6.45, 7) is 7.31. The lowest BCUT2D eigenvalue weighted by Crippen LogP contribution is -2.39. The van der Waals surface area contributed by atoms with E-state index in [0.29, 0.717) is 12.5 Å². The van der Waals surface area contributed by atoms with Gasteiger partial charge in [-0.25, -0.2) is 4.68 Å². The Balaban J connectivity index is 1.94. The molecule has 0 saturated heterocycles. The summed E-state index contributed by atoms with van der Waals surface area (Å²) >= 11 is 0. The van der Waals surface area contributed by atoms with Gasteiger partial charge in [0.1, 0.15) is 0 Å². The fourth-order valence-corrected chi connectivity index (χ4v) is 2.75. The van der Waals surface area contributed by atoms with Crippen LogP contribution in [0.4, 0.5) is 0 Å². The van der Waals surface area contributed by atoms with Crippen LogP contribution in [0.1, 0.15) is 52.0 Å². The first-order valence-corrected chi connectivity index (χ1v) is 9.04.